The van der Waals surface area contributed by atoms with Crippen molar-refractivity contribution < 1.29 is 27.1 Å². The Hall–Kier alpha value is -3.12. The summed E-state index contributed by atoms with van der Waals surface area (Å²) in [6.45, 7) is -1.05. The SMILES string of the molecule is N#Cc1c(F)cccc1NCCNC(=O)c1ccc(COCC(F)(F)F)cc1. The summed E-state index contributed by atoms with van der Waals surface area (Å²) in [6.07, 6.45) is -4.38. The van der Waals surface area contributed by atoms with Crippen molar-refractivity contribution in [3.63, 3.8) is 0 Å². The number of nitrogens with zero attached hydrogens (tertiary/aromatic N) is 1. The van der Waals surface area contributed by atoms with E-state index in [1.54, 1.807) is 12.1 Å². The largest absolute Gasteiger partial charge is 0.411 e. The Kier molecular flexibility index (Phi) is 7.35. The molecule has 0 heterocycles. The minimum atomic E-state index is -4.38. The molecule has 0 saturated heterocycles. The number of rotatable bonds is 8. The molecule has 2 aromatic rings. The van der Waals surface area contributed by atoms with Crippen LogP contribution >= 0.6 is 0 Å². The van der Waals surface area contributed by atoms with Crippen molar-refractivity contribution in [2.45, 2.75) is 12.8 Å². The van der Waals surface area contributed by atoms with Gasteiger partial charge in [0.2, 0.25) is 0 Å². The van der Waals surface area contributed by atoms with Crippen molar-refractivity contribution in [2.24, 2.45) is 0 Å². The lowest BCUT2D eigenvalue weighted by atomic mass is 10.1. The molecule has 148 valence electrons. The van der Waals surface area contributed by atoms with E-state index in [2.05, 4.69) is 15.4 Å². The fourth-order valence-corrected chi connectivity index (χ4v) is 2.30. The van der Waals surface area contributed by atoms with Crippen LogP contribution in [0.2, 0.25) is 0 Å². The second-order valence-corrected chi connectivity index (χ2v) is 5.76. The lowest BCUT2D eigenvalue weighted by Crippen LogP contribution is -2.28. The number of amides is 1. The number of halogens is 4. The van der Waals surface area contributed by atoms with Crippen LogP contribution in [0, 0.1) is 17.1 Å². The van der Waals surface area contributed by atoms with E-state index in [0.29, 0.717) is 16.8 Å². The first kappa shape index (κ1) is 21.2. The van der Waals surface area contributed by atoms with E-state index < -0.39 is 18.6 Å². The third-order valence-electron chi connectivity index (χ3n) is 3.60. The minimum absolute atomic E-state index is 0.0999. The molecular weight excluding hydrogens is 378 g/mol. The summed E-state index contributed by atoms with van der Waals surface area (Å²) in [4.78, 5) is 12.1. The van der Waals surface area contributed by atoms with E-state index in [1.165, 1.54) is 36.4 Å². The van der Waals surface area contributed by atoms with E-state index in [1.807, 2.05) is 0 Å². The number of carbonyl (C=O) groups is 1. The van der Waals surface area contributed by atoms with Gasteiger partial charge in [-0.3, -0.25) is 4.79 Å². The van der Waals surface area contributed by atoms with Gasteiger partial charge < -0.3 is 15.4 Å². The molecule has 0 aromatic heterocycles. The number of anilines is 1. The van der Waals surface area contributed by atoms with Crippen LogP contribution in [0.4, 0.5) is 23.2 Å². The molecule has 0 spiro atoms. The predicted molar refractivity (Wildman–Crippen MR) is 94.1 cm³/mol. The maximum atomic E-state index is 13.5. The van der Waals surface area contributed by atoms with Gasteiger partial charge in [0.25, 0.3) is 5.91 Å². The van der Waals surface area contributed by atoms with Gasteiger partial charge in [-0.25, -0.2) is 4.39 Å². The monoisotopic (exact) mass is 395 g/mol. The number of hydrogen-bond donors (Lipinski definition) is 2. The normalized spacial score (nSPS) is 11.0. The second kappa shape index (κ2) is 9.71. The van der Waals surface area contributed by atoms with Crippen molar-refractivity contribution >= 4 is 11.6 Å². The first-order valence-corrected chi connectivity index (χ1v) is 8.24. The highest BCUT2D eigenvalue weighted by atomic mass is 19.4. The third kappa shape index (κ3) is 6.55. The van der Waals surface area contributed by atoms with Crippen molar-refractivity contribution in [2.75, 3.05) is 25.0 Å². The van der Waals surface area contributed by atoms with Gasteiger partial charge in [-0.2, -0.15) is 18.4 Å². The number of nitriles is 1. The van der Waals surface area contributed by atoms with Crippen LogP contribution < -0.4 is 10.6 Å². The Morgan fingerprint density at radius 1 is 1.11 bits per heavy atom. The number of benzene rings is 2. The average molecular weight is 395 g/mol. The van der Waals surface area contributed by atoms with Gasteiger partial charge in [-0.05, 0) is 29.8 Å². The first-order valence-electron chi connectivity index (χ1n) is 8.24. The van der Waals surface area contributed by atoms with Crippen molar-refractivity contribution in [3.05, 3.63) is 65.0 Å². The lowest BCUT2D eigenvalue weighted by Gasteiger charge is -2.10. The van der Waals surface area contributed by atoms with Crippen LogP contribution in [0.5, 0.6) is 0 Å². The number of ether oxygens (including phenoxy) is 1. The smallest absolute Gasteiger partial charge is 0.382 e. The van der Waals surface area contributed by atoms with Gasteiger partial charge in [0.05, 0.1) is 12.3 Å². The number of alkyl halides is 3. The molecular formula is C19H17F4N3O2. The van der Waals surface area contributed by atoms with E-state index in [4.69, 9.17) is 5.26 Å². The highest BCUT2D eigenvalue weighted by molar-refractivity contribution is 5.94. The molecule has 2 rings (SSSR count). The van der Waals surface area contributed by atoms with E-state index in [9.17, 15) is 22.4 Å². The van der Waals surface area contributed by atoms with Crippen LogP contribution in [0.3, 0.4) is 0 Å². The first-order chi connectivity index (χ1) is 13.3. The molecule has 0 bridgehead atoms. The molecule has 0 aliphatic carbocycles. The maximum Gasteiger partial charge on any atom is 0.411 e. The van der Waals surface area contributed by atoms with Gasteiger partial charge >= 0.3 is 6.18 Å². The van der Waals surface area contributed by atoms with Crippen LogP contribution in [0.1, 0.15) is 21.5 Å². The highest BCUT2D eigenvalue weighted by Crippen LogP contribution is 2.17. The van der Waals surface area contributed by atoms with Crippen molar-refractivity contribution in [3.8, 4) is 6.07 Å². The molecule has 0 fully saturated rings. The zero-order chi connectivity index (χ0) is 20.6. The zero-order valence-corrected chi connectivity index (χ0v) is 14.6. The Bertz CT molecular complexity index is 846. The molecule has 0 unspecified atom stereocenters. The van der Waals surface area contributed by atoms with Gasteiger partial charge in [0, 0.05) is 18.7 Å². The average Bonchev–Trinajstić information content (AvgIpc) is 2.64. The Morgan fingerprint density at radius 3 is 2.46 bits per heavy atom. The molecule has 0 saturated carbocycles. The molecule has 9 heteroatoms. The second-order valence-electron chi connectivity index (χ2n) is 5.76. The van der Waals surface area contributed by atoms with Gasteiger partial charge in [-0.15, -0.1) is 0 Å². The van der Waals surface area contributed by atoms with Gasteiger partial charge in [-0.1, -0.05) is 18.2 Å². The van der Waals surface area contributed by atoms with E-state index >= 15 is 0 Å². The molecule has 2 aromatic carbocycles. The standard InChI is InChI=1S/C19H17F4N3O2/c20-16-2-1-3-17(15(16)10-24)25-8-9-26-18(27)14-6-4-13(5-7-14)11-28-12-19(21,22)23/h1-7,25H,8-9,11-12H2,(H,26,27). The molecule has 5 nitrogen and oxygen atoms in total. The molecule has 28 heavy (non-hydrogen) atoms. The zero-order valence-electron chi connectivity index (χ0n) is 14.6. The summed E-state index contributed by atoms with van der Waals surface area (Å²) in [7, 11) is 0. The van der Waals surface area contributed by atoms with Crippen molar-refractivity contribution in [1.29, 1.82) is 5.26 Å². The molecule has 0 aliphatic rings. The van der Waals surface area contributed by atoms with E-state index in [0.717, 1.165) is 0 Å². The molecule has 0 atom stereocenters. The fourth-order valence-electron chi connectivity index (χ4n) is 2.30. The Morgan fingerprint density at radius 2 is 1.82 bits per heavy atom. The highest BCUT2D eigenvalue weighted by Gasteiger charge is 2.27. The molecule has 1 amide bonds. The summed E-state index contributed by atoms with van der Waals surface area (Å²) >= 11 is 0. The number of hydrogen-bond acceptors (Lipinski definition) is 4. The quantitative estimate of drug-likeness (QED) is 0.529. The topological polar surface area (TPSA) is 74.2 Å². The molecule has 2 N–H and O–H groups in total. The Balaban J connectivity index is 1.77. The van der Waals surface area contributed by atoms with Crippen LogP contribution in [-0.4, -0.2) is 31.8 Å². The Labute approximate surface area is 158 Å². The molecule has 0 radical (unpaired) electrons. The lowest BCUT2D eigenvalue weighted by molar-refractivity contribution is -0.176. The summed E-state index contributed by atoms with van der Waals surface area (Å²) in [5.41, 5.74) is 1.08. The van der Waals surface area contributed by atoms with E-state index in [-0.39, 0.29) is 31.2 Å². The molecule has 0 aliphatic heterocycles. The maximum absolute atomic E-state index is 13.5. The fraction of sp³-hybridized carbons (Fsp3) is 0.263. The van der Waals surface area contributed by atoms with Crippen LogP contribution in [0.15, 0.2) is 42.5 Å². The van der Waals surface area contributed by atoms with Crippen LogP contribution in [-0.2, 0) is 11.3 Å². The summed E-state index contributed by atoms with van der Waals surface area (Å²) in [5, 5.41) is 14.5. The minimum Gasteiger partial charge on any atom is -0.382 e. The summed E-state index contributed by atoms with van der Waals surface area (Å²) in [6, 6.07) is 12.0. The summed E-state index contributed by atoms with van der Waals surface area (Å²) < 4.78 is 54.1. The number of nitrogens with one attached hydrogen (secondary N) is 2. The van der Waals surface area contributed by atoms with Gasteiger partial charge in [0.1, 0.15) is 24.1 Å². The third-order valence-corrected chi connectivity index (χ3v) is 3.60. The van der Waals surface area contributed by atoms with Gasteiger partial charge in [0.15, 0.2) is 0 Å². The van der Waals surface area contributed by atoms with Crippen LogP contribution in [0.25, 0.3) is 0 Å². The summed E-state index contributed by atoms with van der Waals surface area (Å²) in [5.74, 6) is -1.000. The van der Waals surface area contributed by atoms with Crippen molar-refractivity contribution in [1.82, 2.24) is 5.32 Å². The number of carbonyl (C=O) groups excluding carboxylic acids is 1. The predicted octanol–water partition coefficient (Wildman–Crippen LogP) is 3.62.